The first-order chi connectivity index (χ1) is 66.5. The molecule has 8 N–H and O–H groups in total. The lowest BCUT2D eigenvalue weighted by Crippen LogP contribution is -2.29. The van der Waals surface area contributed by atoms with Crippen molar-refractivity contribution in [3.05, 3.63) is 534 Å². The van der Waals surface area contributed by atoms with Crippen molar-refractivity contribution in [1.82, 2.24) is 15.0 Å². The van der Waals surface area contributed by atoms with E-state index < -0.39 is 20.0 Å². The molecule has 0 unspecified atom stereocenters. The number of nitro benzene ring substituents is 2. The fourth-order valence-electron chi connectivity index (χ4n) is 12.5. The SMILES string of the molecule is Brc1ccc2c(c1)Cc1ccccc1-2.Brc1cccc(-c2nc(-c3ccccc3)nc(-c3ccccc3)n2)c1.Brc1cccc(C=Nc2ccccc2)c1.CCO.Cl.N=C(N)c1ccccc1.Nc1ccccc1.O=Cc1cccc(Br)c1.O=[N+]([O-])c1cc(Br)ccc1-c1ccccc1.O=[N+]([O-])c1cc(Br)ccc1Br.OB(O)c1ccccc1.c1ccc(P(c2ccccc2)c2ccccc2)cc1. The number of aldehydes is 1. The van der Waals surface area contributed by atoms with Gasteiger partial charge in [0.05, 0.1) is 25.6 Å². The molecule has 19 rings (SSSR count). The highest BCUT2D eigenvalue weighted by Crippen LogP contribution is 2.39. The van der Waals surface area contributed by atoms with Gasteiger partial charge in [0.2, 0.25) is 0 Å². The molecule has 1 aliphatic rings. The Morgan fingerprint density at radius 3 is 1.15 bits per heavy atom. The molecule has 27 heteroatoms. The zero-order valence-corrected chi connectivity index (χ0v) is 87.0. The van der Waals surface area contributed by atoms with E-state index in [4.69, 9.17) is 42.0 Å². The molecule has 694 valence electrons. The minimum Gasteiger partial charge on any atom is -0.423 e. The van der Waals surface area contributed by atoms with Gasteiger partial charge >= 0.3 is 7.12 Å². The number of nitro groups is 2. The van der Waals surface area contributed by atoms with Crippen LogP contribution in [0.25, 0.3) is 56.4 Å². The average molecular weight is 2320 g/mol. The number of nitrogens with one attached hydrogen (secondary N) is 1. The van der Waals surface area contributed by atoms with Crippen LogP contribution in [0.4, 0.5) is 22.7 Å². The number of aliphatic hydroxyl groups is 1. The Balaban J connectivity index is 0.000000191. The predicted molar refractivity (Wildman–Crippen MR) is 598 cm³/mol. The van der Waals surface area contributed by atoms with Crippen molar-refractivity contribution in [1.29, 1.82) is 5.41 Å². The first-order valence-corrected chi connectivity index (χ1v) is 49.2. The molecule has 0 saturated heterocycles. The van der Waals surface area contributed by atoms with E-state index in [2.05, 4.69) is 255 Å². The Morgan fingerprint density at radius 2 is 0.746 bits per heavy atom. The molecular weight excluding hydrogens is 2220 g/mol. The molecular formula is C111H93BBr7ClN9O8P. The molecule has 0 bridgehead atoms. The van der Waals surface area contributed by atoms with E-state index in [1.54, 1.807) is 67.6 Å². The van der Waals surface area contributed by atoms with Gasteiger partial charge in [-0.25, -0.2) is 15.0 Å². The maximum absolute atomic E-state index is 10.9. The quantitative estimate of drug-likeness (QED) is 0.00864. The number of para-hydroxylation sites is 2. The number of fused-ring (bicyclic) bond motifs is 3. The fourth-order valence-corrected chi connectivity index (χ4v) is 17.6. The van der Waals surface area contributed by atoms with Gasteiger partial charge in [0.1, 0.15) is 12.1 Å². The van der Waals surface area contributed by atoms with E-state index in [0.717, 1.165) is 70.9 Å². The van der Waals surface area contributed by atoms with E-state index >= 15 is 0 Å². The normalized spacial score (nSPS) is 10.1. The molecule has 0 aliphatic heterocycles. The fraction of sp³-hybridized carbons (Fsp3) is 0.0270. The van der Waals surface area contributed by atoms with Crippen molar-refractivity contribution in [3.8, 4) is 56.4 Å². The van der Waals surface area contributed by atoms with Crippen molar-refractivity contribution in [2.75, 3.05) is 12.3 Å². The van der Waals surface area contributed by atoms with Gasteiger partial charge in [-0.2, -0.15) is 0 Å². The third kappa shape index (κ3) is 38.6. The highest BCUT2D eigenvalue weighted by Gasteiger charge is 2.20. The van der Waals surface area contributed by atoms with Gasteiger partial charge < -0.3 is 26.6 Å². The number of aliphatic imine (C=N–C) groups is 1. The molecule has 17 nitrogen and oxygen atoms in total. The highest BCUT2D eigenvalue weighted by molar-refractivity contribution is 9.11. The number of amidine groups is 1. The van der Waals surface area contributed by atoms with Gasteiger partial charge in [0.25, 0.3) is 11.4 Å². The van der Waals surface area contributed by atoms with Crippen LogP contribution in [-0.4, -0.2) is 72.0 Å². The standard InChI is InChI=1S/C21H14BrN3.C18H15P.C13H10BrN.C13H9Br.C12H8BrNO2.C7H5BrO.C7H8N2.C6H7BO2.C6H3Br2NO2.C6H7N.C2H6O.ClH/c22-18-13-7-12-17(14-18)21-24-19(15-8-3-1-4-9-15)23-20(25-21)16-10-5-2-6-11-16;1-4-10-16(11-5-1)19(17-12-6-2-7-13-17)18-14-8-3-9-15-18;14-12-6-4-5-11(9-12)10-15-13-7-2-1-3-8-13;14-11-5-6-13-10(8-11)7-9-3-1-2-4-12(9)13;13-10-6-7-11(12(8-10)14(15)16)9-4-2-1-3-5-9;8-7-3-1-2-6(4-7)5-9;2*8-7(9)6-4-2-1-3-5-6;7-4-1-2-5(8)6(3-4)9(10)11;7-6-4-2-1-3-5-6;1-2-3;/h1-14H;1-15H;1-10H;1-6,8H,7H2;1-8H;1-5H;1-5H,(H3,8,9);1-5,8-9H;1-3H;1-5H,7H2;3H,2H2,1H3;1H. The highest BCUT2D eigenvalue weighted by atomic mass is 79.9. The van der Waals surface area contributed by atoms with Gasteiger partial charge in [-0.05, 0) is 189 Å². The van der Waals surface area contributed by atoms with Crippen LogP contribution in [0.15, 0.2) is 491 Å². The molecule has 0 radical (unpaired) electrons. The molecule has 1 aromatic heterocycles. The van der Waals surface area contributed by atoms with Crippen molar-refractivity contribution >= 4 is 201 Å². The number of carbonyl (C=O) groups excluding carboxylic acids is 1. The lowest BCUT2D eigenvalue weighted by atomic mass is 9.81. The number of benzene rings is 17. The summed E-state index contributed by atoms with van der Waals surface area (Å²) >= 11 is 23.1. The second kappa shape index (κ2) is 61.4. The topological polar surface area (TPSA) is 291 Å². The maximum atomic E-state index is 10.9. The number of nitrogen functional groups attached to an aromatic ring is 2. The number of halogens is 8. The number of rotatable bonds is 14. The molecule has 138 heavy (non-hydrogen) atoms. The predicted octanol–water partition coefficient (Wildman–Crippen LogP) is 28.7. The summed E-state index contributed by atoms with van der Waals surface area (Å²) in [6, 6.07) is 147. The third-order valence-corrected chi connectivity index (χ3v) is 24.9. The van der Waals surface area contributed by atoms with Gasteiger partial charge in [-0.1, -0.05) is 441 Å². The lowest BCUT2D eigenvalue weighted by molar-refractivity contribution is -0.385. The van der Waals surface area contributed by atoms with Crippen LogP contribution in [0.3, 0.4) is 0 Å². The number of hydrogen-bond donors (Lipinski definition) is 6. The van der Waals surface area contributed by atoms with E-state index in [9.17, 15) is 25.0 Å². The van der Waals surface area contributed by atoms with Crippen LogP contribution >= 0.6 is 132 Å². The second-order valence-corrected chi connectivity index (χ2v) is 37.3. The Labute approximate surface area is 870 Å². The first-order valence-electron chi connectivity index (χ1n) is 42.3. The Kier molecular flexibility index (Phi) is 49.2. The van der Waals surface area contributed by atoms with Crippen LogP contribution < -0.4 is 32.8 Å². The largest absolute Gasteiger partial charge is 0.488 e. The summed E-state index contributed by atoms with van der Waals surface area (Å²) in [5, 5.41) is 57.2. The summed E-state index contributed by atoms with van der Waals surface area (Å²) in [6.45, 7) is 1.93. The summed E-state index contributed by atoms with van der Waals surface area (Å²) in [6.07, 6.45) is 3.76. The average Bonchev–Trinajstić information content (AvgIpc) is 1.65. The van der Waals surface area contributed by atoms with E-state index in [-0.39, 0.29) is 41.1 Å². The third-order valence-electron chi connectivity index (χ3n) is 18.9. The monoisotopic (exact) mass is 2310 g/mol. The van der Waals surface area contributed by atoms with E-state index in [1.807, 2.05) is 255 Å². The summed E-state index contributed by atoms with van der Waals surface area (Å²) < 4.78 is 6.07. The Bertz CT molecular complexity index is 6630. The number of nitrogens with two attached hydrogens (primary N) is 2. The minimum absolute atomic E-state index is 0. The summed E-state index contributed by atoms with van der Waals surface area (Å²) in [5.41, 5.74) is 25.7. The van der Waals surface area contributed by atoms with Crippen LogP contribution in [0.2, 0.25) is 0 Å². The smallest absolute Gasteiger partial charge is 0.423 e. The van der Waals surface area contributed by atoms with Crippen molar-refractivity contribution in [2.24, 2.45) is 10.7 Å². The van der Waals surface area contributed by atoms with Gasteiger partial charge in [-0.15, -0.1) is 12.4 Å². The van der Waals surface area contributed by atoms with Crippen molar-refractivity contribution < 1.29 is 29.8 Å². The molecule has 17 aromatic carbocycles. The second-order valence-electron chi connectivity index (χ2n) is 28.8. The zero-order valence-electron chi connectivity index (χ0n) is 74.2. The number of aromatic nitrogens is 3. The number of aliphatic hydroxyl groups excluding tert-OH is 1. The van der Waals surface area contributed by atoms with Gasteiger partial charge in [0.15, 0.2) is 17.5 Å². The minimum atomic E-state index is -1.34. The molecule has 0 saturated carbocycles. The molecule has 1 aliphatic carbocycles. The number of nitrogens with zero attached hydrogens (tertiary/aromatic N) is 6. The van der Waals surface area contributed by atoms with E-state index in [1.165, 1.54) is 54.8 Å². The summed E-state index contributed by atoms with van der Waals surface area (Å²) in [4.78, 5) is 49.0. The Morgan fingerprint density at radius 1 is 0.399 bits per heavy atom. The number of anilines is 1. The summed E-state index contributed by atoms with van der Waals surface area (Å²) in [7, 11) is -1.79. The molecule has 18 aromatic rings. The molecule has 0 amide bonds. The molecule has 0 atom stereocenters. The number of carbonyl (C=O) groups is 1. The number of hydrogen-bond acceptors (Lipinski definition) is 14. The van der Waals surface area contributed by atoms with Crippen LogP contribution in [0.5, 0.6) is 0 Å². The zero-order chi connectivity index (χ0) is 97.9. The van der Waals surface area contributed by atoms with Gasteiger partial charge in [0, 0.05) is 85.3 Å². The first kappa shape index (κ1) is 110. The van der Waals surface area contributed by atoms with Crippen LogP contribution in [0, 0.1) is 25.6 Å². The van der Waals surface area contributed by atoms with Crippen LogP contribution in [0.1, 0.15) is 39.5 Å². The van der Waals surface area contributed by atoms with E-state index in [0.29, 0.717) is 47.5 Å². The maximum Gasteiger partial charge on any atom is 0.488 e. The van der Waals surface area contributed by atoms with Crippen molar-refractivity contribution in [3.63, 3.8) is 0 Å². The van der Waals surface area contributed by atoms with Crippen molar-refractivity contribution in [2.45, 2.75) is 13.3 Å². The summed E-state index contributed by atoms with van der Waals surface area (Å²) in [5.74, 6) is 2.12. The molecule has 0 fully saturated rings. The van der Waals surface area contributed by atoms with Gasteiger partial charge in [-0.3, -0.25) is 35.4 Å². The molecule has 1 heterocycles. The lowest BCUT2D eigenvalue weighted by Gasteiger charge is -2.18. The Hall–Kier alpha value is -12.8. The molecule has 0 spiro atoms. The van der Waals surface area contributed by atoms with Crippen LogP contribution in [-0.2, 0) is 6.42 Å².